The van der Waals surface area contributed by atoms with Gasteiger partial charge in [-0.05, 0) is 111 Å². The van der Waals surface area contributed by atoms with Gasteiger partial charge in [-0.2, -0.15) is 0 Å². The molecule has 10 nitrogen and oxygen atoms in total. The molecule has 7 rings (SSSR count). The predicted octanol–water partition coefficient (Wildman–Crippen LogP) is 5.63. The molecule has 4 aliphatic heterocycles. The van der Waals surface area contributed by atoms with Gasteiger partial charge in [0.1, 0.15) is 0 Å². The number of hydrogen-bond donors (Lipinski definition) is 1. The number of carbonyl (C=O) groups excluding carboxylic acids is 2. The van der Waals surface area contributed by atoms with Gasteiger partial charge in [0.05, 0.1) is 32.4 Å². The van der Waals surface area contributed by atoms with Gasteiger partial charge in [-0.1, -0.05) is 19.9 Å². The molecule has 10 heteroatoms. The Morgan fingerprint density at radius 2 is 1.44 bits per heavy atom. The molecule has 0 spiro atoms. The highest BCUT2D eigenvalue weighted by Gasteiger charge is 2.33. The molecular weight excluding hydrogens is 653 g/mol. The van der Waals surface area contributed by atoms with Gasteiger partial charge in [0.2, 0.25) is 11.8 Å². The van der Waals surface area contributed by atoms with Crippen molar-refractivity contribution in [2.24, 2.45) is 5.92 Å². The van der Waals surface area contributed by atoms with Crippen molar-refractivity contribution in [2.75, 3.05) is 99.3 Å². The fourth-order valence-corrected chi connectivity index (χ4v) is 9.20. The number of aromatic nitrogens is 1. The summed E-state index contributed by atoms with van der Waals surface area (Å²) in [5.41, 5.74) is 6.00. The van der Waals surface area contributed by atoms with Crippen molar-refractivity contribution in [2.45, 2.75) is 64.2 Å². The Bertz CT molecular complexity index is 1680. The minimum absolute atomic E-state index is 0.00906. The summed E-state index contributed by atoms with van der Waals surface area (Å²) in [6, 6.07) is 13.0. The number of carbonyl (C=O) groups is 2. The van der Waals surface area contributed by atoms with Crippen molar-refractivity contribution in [1.82, 2.24) is 29.5 Å². The Morgan fingerprint density at radius 3 is 2.13 bits per heavy atom. The molecule has 0 unspecified atom stereocenters. The molecule has 52 heavy (non-hydrogen) atoms. The maximum atomic E-state index is 13.6. The van der Waals surface area contributed by atoms with Crippen LogP contribution in [-0.2, 0) is 9.59 Å². The molecule has 282 valence electrons. The number of H-pyrrole nitrogens is 1. The van der Waals surface area contributed by atoms with Gasteiger partial charge in [0.15, 0.2) is 11.5 Å². The average Bonchev–Trinajstić information content (AvgIpc) is 3.85. The smallest absolute Gasteiger partial charge is 0.236 e. The number of nitrogens with one attached hydrogen (secondary N) is 1. The van der Waals surface area contributed by atoms with Crippen molar-refractivity contribution < 1.29 is 19.1 Å². The third kappa shape index (κ3) is 8.14. The topological polar surface area (TPSA) is 84.6 Å². The van der Waals surface area contributed by atoms with Crippen molar-refractivity contribution in [3.63, 3.8) is 0 Å². The van der Waals surface area contributed by atoms with Crippen LogP contribution in [0.3, 0.4) is 0 Å². The zero-order chi connectivity index (χ0) is 36.2. The van der Waals surface area contributed by atoms with Crippen LogP contribution in [0.5, 0.6) is 11.5 Å². The molecule has 0 bridgehead atoms. The first-order valence-electron chi connectivity index (χ1n) is 19.9. The van der Waals surface area contributed by atoms with Gasteiger partial charge in [-0.15, -0.1) is 0 Å². The van der Waals surface area contributed by atoms with Crippen LogP contribution in [0.1, 0.15) is 75.3 Å². The summed E-state index contributed by atoms with van der Waals surface area (Å²) >= 11 is 0. The van der Waals surface area contributed by atoms with Gasteiger partial charge in [-0.25, -0.2) is 0 Å². The van der Waals surface area contributed by atoms with E-state index in [1.807, 2.05) is 12.1 Å². The lowest BCUT2D eigenvalue weighted by Gasteiger charge is -2.39. The first kappa shape index (κ1) is 36.7. The molecule has 2 aromatic carbocycles. The second-order valence-corrected chi connectivity index (χ2v) is 15.9. The lowest BCUT2D eigenvalue weighted by Crippen LogP contribution is -2.54. The standard InChI is InChI=1S/C42H60N6O4/c1-30(2)40-35-26-32(9-11-36(35)43-41(40)33-10-12-37(51-3)38(27-33)52-4)31-13-18-47(19-14-31)39(49)29-46-17-7-8-34(28-46)42(50)48-24-22-45(23-25-48)21-20-44-15-5-6-16-44/h9-12,26-27,30-31,34,43H,5-8,13-25,28-29H2,1-4H3/t34-/m1/s1. The number of benzene rings is 2. The van der Waals surface area contributed by atoms with Crippen molar-refractivity contribution in [1.29, 1.82) is 0 Å². The fourth-order valence-electron chi connectivity index (χ4n) is 9.20. The summed E-state index contributed by atoms with van der Waals surface area (Å²) in [4.78, 5) is 42.3. The molecular formula is C42H60N6O4. The van der Waals surface area contributed by atoms with Crippen LogP contribution in [0.4, 0.5) is 0 Å². The molecule has 5 heterocycles. The van der Waals surface area contributed by atoms with E-state index in [9.17, 15) is 9.59 Å². The van der Waals surface area contributed by atoms with E-state index < -0.39 is 0 Å². The maximum Gasteiger partial charge on any atom is 0.236 e. The average molecular weight is 713 g/mol. The molecule has 4 fully saturated rings. The van der Waals surface area contributed by atoms with E-state index in [4.69, 9.17) is 9.47 Å². The van der Waals surface area contributed by atoms with Gasteiger partial charge >= 0.3 is 0 Å². The van der Waals surface area contributed by atoms with Crippen LogP contribution in [0, 0.1) is 5.92 Å². The van der Waals surface area contributed by atoms with E-state index in [-0.39, 0.29) is 11.8 Å². The van der Waals surface area contributed by atoms with Gasteiger partial charge in [0, 0.05) is 75.4 Å². The van der Waals surface area contributed by atoms with Crippen LogP contribution in [0.25, 0.3) is 22.2 Å². The van der Waals surface area contributed by atoms with Crippen molar-refractivity contribution in [3.8, 4) is 22.8 Å². The first-order valence-corrected chi connectivity index (χ1v) is 19.9. The second-order valence-electron chi connectivity index (χ2n) is 15.9. The van der Waals surface area contributed by atoms with E-state index in [2.05, 4.69) is 67.6 Å². The number of methoxy groups -OCH3 is 2. The van der Waals surface area contributed by atoms with Crippen LogP contribution in [0.15, 0.2) is 36.4 Å². The number of fused-ring (bicyclic) bond motifs is 1. The summed E-state index contributed by atoms with van der Waals surface area (Å²) in [6.45, 7) is 16.5. The first-order chi connectivity index (χ1) is 25.3. The molecule has 4 aliphatic rings. The van der Waals surface area contributed by atoms with E-state index in [1.54, 1.807) is 14.2 Å². The highest BCUT2D eigenvalue weighted by molar-refractivity contribution is 5.92. The molecule has 1 aromatic heterocycles. The Balaban J connectivity index is 0.913. The van der Waals surface area contributed by atoms with Crippen LogP contribution in [-0.4, -0.2) is 141 Å². The monoisotopic (exact) mass is 712 g/mol. The summed E-state index contributed by atoms with van der Waals surface area (Å²) in [5, 5.41) is 1.27. The number of piperazine rings is 1. The highest BCUT2D eigenvalue weighted by atomic mass is 16.5. The van der Waals surface area contributed by atoms with Gasteiger partial charge in [0.25, 0.3) is 0 Å². The number of rotatable bonds is 11. The normalized spacial score (nSPS) is 21.4. The highest BCUT2D eigenvalue weighted by Crippen LogP contribution is 2.40. The SMILES string of the molecule is COc1ccc(-c2[nH]c3ccc(C4CCN(C(=O)CN5CCC[C@@H](C(=O)N6CCN(CCN7CCCC7)CC6)C5)CC4)cc3c2C(C)C)cc1OC. The van der Waals surface area contributed by atoms with Crippen LogP contribution in [0.2, 0.25) is 0 Å². The number of likely N-dealkylation sites (tertiary alicyclic amines) is 3. The number of ether oxygens (including phenoxy) is 2. The third-order valence-electron chi connectivity index (χ3n) is 12.3. The van der Waals surface area contributed by atoms with E-state index in [1.165, 1.54) is 42.4 Å². The molecule has 0 aliphatic carbocycles. The number of piperidine rings is 2. The third-order valence-corrected chi connectivity index (χ3v) is 12.3. The Hall–Kier alpha value is -3.60. The van der Waals surface area contributed by atoms with Gasteiger partial charge in [-0.3, -0.25) is 19.4 Å². The summed E-state index contributed by atoms with van der Waals surface area (Å²) in [7, 11) is 3.34. The number of hydrogen-bond acceptors (Lipinski definition) is 7. The predicted molar refractivity (Wildman–Crippen MR) is 207 cm³/mol. The van der Waals surface area contributed by atoms with Crippen molar-refractivity contribution in [3.05, 3.63) is 47.5 Å². The molecule has 0 saturated carbocycles. The summed E-state index contributed by atoms with van der Waals surface area (Å²) in [5.74, 6) is 2.71. The lowest BCUT2D eigenvalue weighted by atomic mass is 9.87. The van der Waals surface area contributed by atoms with E-state index in [0.29, 0.717) is 30.8 Å². The number of aromatic amines is 1. The summed E-state index contributed by atoms with van der Waals surface area (Å²) < 4.78 is 11.1. The Morgan fingerprint density at radius 1 is 0.750 bits per heavy atom. The second kappa shape index (κ2) is 16.6. The minimum atomic E-state index is 0.00906. The fraction of sp³-hybridized carbons (Fsp3) is 0.619. The zero-order valence-corrected chi connectivity index (χ0v) is 32.0. The molecule has 1 N–H and O–H groups in total. The molecule has 4 saturated heterocycles. The molecule has 3 aromatic rings. The minimum Gasteiger partial charge on any atom is -0.493 e. The number of nitrogens with zero attached hydrogens (tertiary/aromatic N) is 5. The molecule has 1 atom stereocenters. The Kier molecular flexibility index (Phi) is 11.7. The number of amides is 2. The lowest BCUT2D eigenvalue weighted by molar-refractivity contribution is -0.141. The molecule has 0 radical (unpaired) electrons. The van der Waals surface area contributed by atoms with E-state index >= 15 is 0 Å². The maximum absolute atomic E-state index is 13.6. The van der Waals surface area contributed by atoms with Gasteiger partial charge < -0.3 is 29.2 Å². The van der Waals surface area contributed by atoms with E-state index in [0.717, 1.165) is 113 Å². The Labute approximate surface area is 310 Å². The zero-order valence-electron chi connectivity index (χ0n) is 32.0. The largest absolute Gasteiger partial charge is 0.493 e. The van der Waals surface area contributed by atoms with Crippen molar-refractivity contribution >= 4 is 22.7 Å². The summed E-state index contributed by atoms with van der Waals surface area (Å²) in [6.07, 6.45) is 6.52. The van der Waals surface area contributed by atoms with Crippen LogP contribution >= 0.6 is 0 Å². The quantitative estimate of drug-likeness (QED) is 0.276. The molecule has 2 amide bonds. The van der Waals surface area contributed by atoms with Crippen LogP contribution < -0.4 is 9.47 Å².